The highest BCUT2D eigenvalue weighted by molar-refractivity contribution is 6.31. The van der Waals surface area contributed by atoms with Gasteiger partial charge in [-0.3, -0.25) is 0 Å². The van der Waals surface area contributed by atoms with E-state index in [1.807, 2.05) is 26.0 Å². The van der Waals surface area contributed by atoms with Gasteiger partial charge in [0.25, 0.3) is 0 Å². The van der Waals surface area contributed by atoms with Gasteiger partial charge < -0.3 is 14.8 Å². The Bertz CT molecular complexity index is 483. The summed E-state index contributed by atoms with van der Waals surface area (Å²) in [5.74, 6) is 0.940. The van der Waals surface area contributed by atoms with Crippen molar-refractivity contribution in [3.63, 3.8) is 0 Å². The molecule has 2 unspecified atom stereocenters. The number of benzene rings is 1. The third-order valence-corrected chi connectivity index (χ3v) is 4.50. The predicted molar refractivity (Wildman–Crippen MR) is 76.0 cm³/mol. The molecule has 0 bridgehead atoms. The molecule has 0 aromatic heterocycles. The quantitative estimate of drug-likeness (QED) is 0.903. The second-order valence-electron chi connectivity index (χ2n) is 5.50. The molecule has 1 aromatic carbocycles. The molecule has 0 amide bonds. The minimum absolute atomic E-state index is 0.0896. The van der Waals surface area contributed by atoms with E-state index in [2.05, 4.69) is 5.32 Å². The molecule has 0 radical (unpaired) electrons. The molecule has 2 aliphatic heterocycles. The van der Waals surface area contributed by atoms with E-state index in [1.165, 1.54) is 0 Å². The summed E-state index contributed by atoms with van der Waals surface area (Å²) in [7, 11) is 0. The van der Waals surface area contributed by atoms with Gasteiger partial charge in [-0.25, -0.2) is 0 Å². The van der Waals surface area contributed by atoms with Gasteiger partial charge in [0.05, 0.1) is 6.10 Å². The second-order valence-corrected chi connectivity index (χ2v) is 5.91. The Morgan fingerprint density at radius 1 is 1.53 bits per heavy atom. The van der Waals surface area contributed by atoms with Crippen LogP contribution in [0.15, 0.2) is 12.1 Å². The number of fused-ring (bicyclic) bond motifs is 1. The molecule has 3 rings (SSSR count). The van der Waals surface area contributed by atoms with Crippen LogP contribution in [0.2, 0.25) is 5.02 Å². The SMILES string of the molecule is CCOC1CC2(CCNC2)Oc2cc(C)c(Cl)cc21. The Morgan fingerprint density at radius 3 is 3.05 bits per heavy atom. The van der Waals surface area contributed by atoms with E-state index in [0.717, 1.165) is 47.8 Å². The van der Waals surface area contributed by atoms with Crippen LogP contribution < -0.4 is 10.1 Å². The molecular weight excluding hydrogens is 262 g/mol. The summed E-state index contributed by atoms with van der Waals surface area (Å²) in [6.45, 7) is 6.66. The second kappa shape index (κ2) is 4.97. The summed E-state index contributed by atoms with van der Waals surface area (Å²) in [5, 5.41) is 4.18. The first-order valence-corrected chi connectivity index (χ1v) is 7.33. The lowest BCUT2D eigenvalue weighted by atomic mass is 9.87. The lowest BCUT2D eigenvalue weighted by Gasteiger charge is -2.39. The maximum Gasteiger partial charge on any atom is 0.126 e. The zero-order valence-electron chi connectivity index (χ0n) is 11.5. The zero-order chi connectivity index (χ0) is 13.5. The molecule has 3 nitrogen and oxygen atoms in total. The summed E-state index contributed by atoms with van der Waals surface area (Å²) in [6, 6.07) is 4.05. The maximum atomic E-state index is 6.29. The lowest BCUT2D eigenvalue weighted by Crippen LogP contribution is -2.43. The topological polar surface area (TPSA) is 30.5 Å². The van der Waals surface area contributed by atoms with Gasteiger partial charge in [-0.05, 0) is 38.1 Å². The van der Waals surface area contributed by atoms with Crippen LogP contribution >= 0.6 is 11.6 Å². The van der Waals surface area contributed by atoms with Crippen molar-refractivity contribution in [3.8, 4) is 5.75 Å². The monoisotopic (exact) mass is 281 g/mol. The molecule has 1 spiro atoms. The van der Waals surface area contributed by atoms with Crippen LogP contribution in [0.1, 0.15) is 37.0 Å². The molecule has 2 heterocycles. The Hall–Kier alpha value is -0.770. The smallest absolute Gasteiger partial charge is 0.126 e. The van der Waals surface area contributed by atoms with Gasteiger partial charge in [0.2, 0.25) is 0 Å². The molecule has 1 N–H and O–H groups in total. The fraction of sp³-hybridized carbons (Fsp3) is 0.600. The minimum Gasteiger partial charge on any atom is -0.485 e. The summed E-state index contributed by atoms with van der Waals surface area (Å²) < 4.78 is 12.2. The van der Waals surface area contributed by atoms with Crippen LogP contribution in [-0.4, -0.2) is 25.3 Å². The molecule has 19 heavy (non-hydrogen) atoms. The van der Waals surface area contributed by atoms with Gasteiger partial charge in [-0.1, -0.05) is 11.6 Å². The first-order chi connectivity index (χ1) is 9.13. The van der Waals surface area contributed by atoms with Gasteiger partial charge in [-0.15, -0.1) is 0 Å². The summed E-state index contributed by atoms with van der Waals surface area (Å²) in [6.07, 6.45) is 2.03. The van der Waals surface area contributed by atoms with E-state index in [9.17, 15) is 0 Å². The number of hydrogen-bond donors (Lipinski definition) is 1. The van der Waals surface area contributed by atoms with Crippen LogP contribution in [0.5, 0.6) is 5.75 Å². The molecule has 0 saturated carbocycles. The van der Waals surface area contributed by atoms with Crippen molar-refractivity contribution in [2.24, 2.45) is 0 Å². The summed E-state index contributed by atoms with van der Waals surface area (Å²) in [4.78, 5) is 0. The molecule has 2 atom stereocenters. The normalized spacial score (nSPS) is 29.3. The highest BCUT2D eigenvalue weighted by Crippen LogP contribution is 2.45. The van der Waals surface area contributed by atoms with E-state index in [1.54, 1.807) is 0 Å². The van der Waals surface area contributed by atoms with Crippen molar-refractivity contribution < 1.29 is 9.47 Å². The average molecular weight is 282 g/mol. The van der Waals surface area contributed by atoms with E-state index < -0.39 is 0 Å². The molecule has 4 heteroatoms. The Kier molecular flexibility index (Phi) is 3.46. The van der Waals surface area contributed by atoms with Gasteiger partial charge in [0, 0.05) is 36.6 Å². The van der Waals surface area contributed by atoms with E-state index in [0.29, 0.717) is 6.61 Å². The Labute approximate surface area is 119 Å². The molecule has 2 aliphatic rings. The molecule has 0 aliphatic carbocycles. The Balaban J connectivity index is 2.01. The molecule has 104 valence electrons. The Morgan fingerprint density at radius 2 is 2.37 bits per heavy atom. The average Bonchev–Trinajstić information content (AvgIpc) is 2.80. The number of halogens is 1. The third kappa shape index (κ3) is 2.35. The number of hydrogen-bond acceptors (Lipinski definition) is 3. The van der Waals surface area contributed by atoms with Crippen LogP contribution in [0.25, 0.3) is 0 Å². The maximum absolute atomic E-state index is 6.29. The highest BCUT2D eigenvalue weighted by atomic mass is 35.5. The molecule has 1 fully saturated rings. The van der Waals surface area contributed by atoms with Crippen molar-refractivity contribution in [1.29, 1.82) is 0 Å². The zero-order valence-corrected chi connectivity index (χ0v) is 12.2. The van der Waals surface area contributed by atoms with Crippen LogP contribution in [-0.2, 0) is 4.74 Å². The van der Waals surface area contributed by atoms with Crippen molar-refractivity contribution in [2.75, 3.05) is 19.7 Å². The number of rotatable bonds is 2. The van der Waals surface area contributed by atoms with Crippen molar-refractivity contribution in [2.45, 2.75) is 38.4 Å². The van der Waals surface area contributed by atoms with Crippen molar-refractivity contribution in [1.82, 2.24) is 5.32 Å². The largest absolute Gasteiger partial charge is 0.485 e. The van der Waals surface area contributed by atoms with Gasteiger partial charge in [0.1, 0.15) is 11.4 Å². The van der Waals surface area contributed by atoms with Crippen molar-refractivity contribution in [3.05, 3.63) is 28.3 Å². The van der Waals surface area contributed by atoms with Crippen LogP contribution in [0.4, 0.5) is 0 Å². The van der Waals surface area contributed by atoms with Gasteiger partial charge >= 0.3 is 0 Å². The number of aryl methyl sites for hydroxylation is 1. The molecule has 1 saturated heterocycles. The third-order valence-electron chi connectivity index (χ3n) is 4.09. The standard InChI is InChI=1S/C15H20ClNO2/c1-3-18-14-8-15(4-5-17-9-15)19-13-6-10(2)12(16)7-11(13)14/h6-7,14,17H,3-5,8-9H2,1-2H3. The summed E-state index contributed by atoms with van der Waals surface area (Å²) >= 11 is 6.24. The van der Waals surface area contributed by atoms with Crippen molar-refractivity contribution >= 4 is 11.6 Å². The van der Waals surface area contributed by atoms with Crippen LogP contribution in [0, 0.1) is 6.92 Å². The first-order valence-electron chi connectivity index (χ1n) is 6.95. The predicted octanol–water partition coefficient (Wildman–Crippen LogP) is 3.24. The molecular formula is C15H20ClNO2. The first kappa shape index (κ1) is 13.2. The van der Waals surface area contributed by atoms with E-state index in [-0.39, 0.29) is 11.7 Å². The van der Waals surface area contributed by atoms with Gasteiger partial charge in [-0.2, -0.15) is 0 Å². The van der Waals surface area contributed by atoms with E-state index in [4.69, 9.17) is 21.1 Å². The fourth-order valence-corrected chi connectivity index (χ4v) is 3.24. The van der Waals surface area contributed by atoms with E-state index >= 15 is 0 Å². The summed E-state index contributed by atoms with van der Waals surface area (Å²) in [5.41, 5.74) is 2.04. The minimum atomic E-state index is -0.104. The van der Waals surface area contributed by atoms with Gasteiger partial charge in [0.15, 0.2) is 0 Å². The fourth-order valence-electron chi connectivity index (χ4n) is 3.07. The van der Waals surface area contributed by atoms with Crippen LogP contribution in [0.3, 0.4) is 0 Å². The lowest BCUT2D eigenvalue weighted by molar-refractivity contribution is -0.0354. The number of ether oxygens (including phenoxy) is 2. The molecule has 1 aromatic rings. The highest BCUT2D eigenvalue weighted by Gasteiger charge is 2.43. The number of nitrogens with one attached hydrogen (secondary N) is 1.